The molecule has 0 saturated carbocycles. The van der Waals surface area contributed by atoms with E-state index in [2.05, 4.69) is 0 Å². The first-order chi connectivity index (χ1) is 10.3. The number of amides is 2. The molecule has 130 valence electrons. The summed E-state index contributed by atoms with van der Waals surface area (Å²) in [6.07, 6.45) is -3.57. The van der Waals surface area contributed by atoms with Gasteiger partial charge in [0.05, 0.1) is 25.9 Å². The van der Waals surface area contributed by atoms with E-state index in [1.54, 1.807) is 13.8 Å². The number of hydrogen-bond acceptors (Lipinski definition) is 8. The maximum Gasteiger partial charge on any atom is 0.340 e. The van der Waals surface area contributed by atoms with Crippen LogP contribution in [0.1, 0.15) is 26.7 Å². The van der Waals surface area contributed by atoms with Crippen molar-refractivity contribution in [2.24, 2.45) is 0 Å². The van der Waals surface area contributed by atoms with Crippen molar-refractivity contribution < 1.29 is 38.5 Å². The van der Waals surface area contributed by atoms with Crippen LogP contribution in [-0.4, -0.2) is 65.3 Å². The highest BCUT2D eigenvalue weighted by Crippen LogP contribution is 2.47. The summed E-state index contributed by atoms with van der Waals surface area (Å²) in [5.74, 6) is -1.51. The van der Waals surface area contributed by atoms with Crippen LogP contribution in [0.4, 0.5) is 0 Å². The zero-order valence-electron chi connectivity index (χ0n) is 12.7. The quantitative estimate of drug-likeness (QED) is 0.365. The molecule has 10 heteroatoms. The average Bonchev–Trinajstić information content (AvgIpc) is 2.43. The van der Waals surface area contributed by atoms with Crippen LogP contribution < -0.4 is 5.32 Å². The molecule has 0 heterocycles. The van der Waals surface area contributed by atoms with Gasteiger partial charge in [0.1, 0.15) is 12.3 Å². The van der Waals surface area contributed by atoms with E-state index in [0.29, 0.717) is 0 Å². The predicted molar refractivity (Wildman–Crippen MR) is 77.2 cm³/mol. The largest absolute Gasteiger partial charge is 0.394 e. The Morgan fingerprint density at radius 2 is 1.64 bits per heavy atom. The Morgan fingerprint density at radius 3 is 2.09 bits per heavy atom. The smallest absolute Gasteiger partial charge is 0.340 e. The summed E-state index contributed by atoms with van der Waals surface area (Å²) in [7, 11) is -3.58. The van der Waals surface area contributed by atoms with Gasteiger partial charge in [-0.05, 0) is 20.3 Å². The number of carbonyl (C=O) groups excluding carboxylic acids is 2. The lowest BCUT2D eigenvalue weighted by Crippen LogP contribution is -2.35. The van der Waals surface area contributed by atoms with Gasteiger partial charge in [0, 0.05) is 6.42 Å². The van der Waals surface area contributed by atoms with E-state index in [-0.39, 0.29) is 26.1 Å². The standard InChI is InChI=1S/C12H24NO8P/c1-3-20-22(19,21-4-2)8-12(18)13-11(17)6-5-9(15)10(16)7-14/h9-10,14-16H,3-8H2,1-2H3,(H,13,17,18)/t9-,10+/m0/s1. The molecule has 0 fully saturated rings. The number of carbonyl (C=O) groups is 2. The van der Waals surface area contributed by atoms with Crippen molar-refractivity contribution in [1.82, 2.24) is 5.32 Å². The lowest BCUT2D eigenvalue weighted by molar-refractivity contribution is -0.129. The maximum absolute atomic E-state index is 12.1. The molecular weight excluding hydrogens is 317 g/mol. The topological polar surface area (TPSA) is 142 Å². The third-order valence-corrected chi connectivity index (χ3v) is 4.54. The fraction of sp³-hybridized carbons (Fsp3) is 0.833. The lowest BCUT2D eigenvalue weighted by atomic mass is 10.1. The highest BCUT2D eigenvalue weighted by atomic mass is 31.2. The zero-order chi connectivity index (χ0) is 17.2. The first kappa shape index (κ1) is 21.2. The fourth-order valence-electron chi connectivity index (χ4n) is 1.55. The third kappa shape index (κ3) is 8.57. The van der Waals surface area contributed by atoms with Gasteiger partial charge in [0.25, 0.3) is 0 Å². The first-order valence-electron chi connectivity index (χ1n) is 6.95. The van der Waals surface area contributed by atoms with E-state index in [0.717, 1.165) is 0 Å². The summed E-state index contributed by atoms with van der Waals surface area (Å²) in [5, 5.41) is 29.1. The minimum absolute atomic E-state index is 0.101. The first-order valence-corrected chi connectivity index (χ1v) is 8.68. The molecule has 0 aromatic heterocycles. The van der Waals surface area contributed by atoms with Crippen LogP contribution in [0.5, 0.6) is 0 Å². The third-order valence-electron chi connectivity index (χ3n) is 2.57. The summed E-state index contributed by atoms with van der Waals surface area (Å²) < 4.78 is 21.9. The van der Waals surface area contributed by atoms with Crippen molar-refractivity contribution in [3.05, 3.63) is 0 Å². The second-order valence-corrected chi connectivity index (χ2v) is 6.49. The SMILES string of the molecule is CCOP(=O)(CC(=O)NC(=O)CC[C@H](O)[C@H](O)CO)OCC. The van der Waals surface area contributed by atoms with Gasteiger partial charge in [-0.25, -0.2) is 0 Å². The monoisotopic (exact) mass is 341 g/mol. The Hall–Kier alpha value is -0.830. The molecule has 9 nitrogen and oxygen atoms in total. The van der Waals surface area contributed by atoms with Crippen LogP contribution >= 0.6 is 7.60 Å². The molecule has 0 saturated heterocycles. The molecule has 0 aromatic carbocycles. The molecule has 0 rings (SSSR count). The average molecular weight is 341 g/mol. The number of nitrogens with one attached hydrogen (secondary N) is 1. The van der Waals surface area contributed by atoms with Crippen LogP contribution in [0.25, 0.3) is 0 Å². The molecule has 0 radical (unpaired) electrons. The summed E-state index contributed by atoms with van der Waals surface area (Å²) in [4.78, 5) is 23.1. The van der Waals surface area contributed by atoms with Crippen molar-refractivity contribution >= 4 is 19.4 Å². The highest BCUT2D eigenvalue weighted by molar-refractivity contribution is 7.54. The van der Waals surface area contributed by atoms with Crippen molar-refractivity contribution in [2.45, 2.75) is 38.9 Å². The summed E-state index contributed by atoms with van der Waals surface area (Å²) in [5.41, 5.74) is 0. The van der Waals surface area contributed by atoms with Gasteiger partial charge < -0.3 is 24.4 Å². The summed E-state index contributed by atoms with van der Waals surface area (Å²) in [6.45, 7) is 2.77. The van der Waals surface area contributed by atoms with Gasteiger partial charge in [-0.15, -0.1) is 0 Å². The van der Waals surface area contributed by atoms with Gasteiger partial charge in [-0.3, -0.25) is 19.5 Å². The normalized spacial score (nSPS) is 14.4. The van der Waals surface area contributed by atoms with Crippen LogP contribution in [0.15, 0.2) is 0 Å². The molecular formula is C12H24NO8P. The maximum atomic E-state index is 12.1. The molecule has 4 N–H and O–H groups in total. The molecule has 2 atom stereocenters. The van der Waals surface area contributed by atoms with E-state index < -0.39 is 44.4 Å². The Labute approximate surface area is 129 Å². The number of rotatable bonds is 11. The van der Waals surface area contributed by atoms with Gasteiger partial charge in [-0.2, -0.15) is 0 Å². The van der Waals surface area contributed by atoms with Crippen molar-refractivity contribution in [2.75, 3.05) is 26.0 Å². The van der Waals surface area contributed by atoms with Crippen molar-refractivity contribution in [3.63, 3.8) is 0 Å². The molecule has 2 amide bonds. The molecule has 0 aliphatic heterocycles. The van der Waals surface area contributed by atoms with Crippen LogP contribution in [0.3, 0.4) is 0 Å². The van der Waals surface area contributed by atoms with Gasteiger partial charge in [0.15, 0.2) is 0 Å². The Kier molecular flexibility index (Phi) is 10.4. The molecule has 0 spiro atoms. The fourth-order valence-corrected chi connectivity index (χ4v) is 3.02. The van der Waals surface area contributed by atoms with Gasteiger partial charge in [-0.1, -0.05) is 0 Å². The van der Waals surface area contributed by atoms with Crippen LogP contribution in [0.2, 0.25) is 0 Å². The molecule has 0 aliphatic rings. The molecule has 0 unspecified atom stereocenters. The molecule has 0 aliphatic carbocycles. The molecule has 22 heavy (non-hydrogen) atoms. The number of imide groups is 1. The minimum atomic E-state index is -3.58. The number of aliphatic hydroxyl groups excluding tert-OH is 3. The van der Waals surface area contributed by atoms with E-state index in [4.69, 9.17) is 19.3 Å². The Morgan fingerprint density at radius 1 is 1.09 bits per heavy atom. The minimum Gasteiger partial charge on any atom is -0.394 e. The van der Waals surface area contributed by atoms with Crippen molar-refractivity contribution in [3.8, 4) is 0 Å². The summed E-state index contributed by atoms with van der Waals surface area (Å²) >= 11 is 0. The molecule has 0 aromatic rings. The van der Waals surface area contributed by atoms with E-state index in [1.807, 2.05) is 5.32 Å². The van der Waals surface area contributed by atoms with Gasteiger partial charge >= 0.3 is 7.60 Å². The Bertz CT molecular complexity index is 393. The molecule has 0 bridgehead atoms. The van der Waals surface area contributed by atoms with Crippen molar-refractivity contribution in [1.29, 1.82) is 0 Å². The van der Waals surface area contributed by atoms with E-state index in [1.165, 1.54) is 0 Å². The number of hydrogen-bond donors (Lipinski definition) is 4. The highest BCUT2D eigenvalue weighted by Gasteiger charge is 2.28. The van der Waals surface area contributed by atoms with Gasteiger partial charge in [0.2, 0.25) is 11.8 Å². The predicted octanol–water partition coefficient (Wildman–Crippen LogP) is -0.610. The van der Waals surface area contributed by atoms with E-state index >= 15 is 0 Å². The Balaban J connectivity index is 4.29. The summed E-state index contributed by atoms with van der Waals surface area (Å²) in [6, 6.07) is 0. The van der Waals surface area contributed by atoms with Crippen LogP contribution in [-0.2, 0) is 23.2 Å². The lowest BCUT2D eigenvalue weighted by Gasteiger charge is -2.17. The van der Waals surface area contributed by atoms with Crippen LogP contribution in [0, 0.1) is 0 Å². The second-order valence-electron chi connectivity index (χ2n) is 4.43. The second kappa shape index (κ2) is 10.8. The number of aliphatic hydroxyl groups is 3. The zero-order valence-corrected chi connectivity index (χ0v) is 13.6. The van der Waals surface area contributed by atoms with E-state index in [9.17, 15) is 19.3 Å².